The minimum Gasteiger partial charge on any atom is -0.207 e. The predicted molar refractivity (Wildman–Crippen MR) is 78.9 cm³/mol. The zero-order valence-corrected chi connectivity index (χ0v) is 11.8. The Hall–Kier alpha value is -2.65. The van der Waals surface area contributed by atoms with E-state index in [0.29, 0.717) is 5.56 Å². The Balaban J connectivity index is 2.45. The van der Waals surface area contributed by atoms with E-state index >= 15 is 0 Å². The molecule has 0 heterocycles. The maximum absolute atomic E-state index is 13.4. The van der Waals surface area contributed by atoms with Crippen molar-refractivity contribution in [3.05, 3.63) is 71.0 Å². The number of nitrogens with zero attached hydrogens (tertiary/aromatic N) is 2. The number of hydrogen-bond donors (Lipinski definition) is 0. The Bertz CT molecular complexity index is 710. The molecule has 2 atom stereocenters. The summed E-state index contributed by atoms with van der Waals surface area (Å²) in [6.45, 7) is 1.97. The van der Waals surface area contributed by atoms with E-state index in [1.165, 1.54) is 12.1 Å². The number of aryl methyl sites for hydroxylation is 1. The van der Waals surface area contributed by atoms with Gasteiger partial charge in [0.25, 0.3) is 0 Å². The highest BCUT2D eigenvalue weighted by atomic mass is 19.1. The van der Waals surface area contributed by atoms with Crippen molar-refractivity contribution in [2.45, 2.75) is 25.2 Å². The second-order valence-electron chi connectivity index (χ2n) is 5.04. The second kappa shape index (κ2) is 6.68. The van der Waals surface area contributed by atoms with Crippen LogP contribution in [-0.4, -0.2) is 0 Å². The average molecular weight is 278 g/mol. The normalized spacial score (nSPS) is 13.0. The molecule has 2 unspecified atom stereocenters. The van der Waals surface area contributed by atoms with Gasteiger partial charge in [0.2, 0.25) is 0 Å². The molecule has 0 aliphatic rings. The first-order valence-corrected chi connectivity index (χ1v) is 6.74. The predicted octanol–water partition coefficient (Wildman–Crippen LogP) is 4.44. The van der Waals surface area contributed by atoms with E-state index in [1.54, 1.807) is 12.1 Å². The molecule has 2 aromatic rings. The van der Waals surface area contributed by atoms with Crippen LogP contribution < -0.4 is 0 Å². The Labute approximate surface area is 124 Å². The van der Waals surface area contributed by atoms with Crippen LogP contribution in [0.5, 0.6) is 0 Å². The number of nitriles is 2. The van der Waals surface area contributed by atoms with Crippen LogP contribution in [0.25, 0.3) is 0 Å². The highest BCUT2D eigenvalue weighted by molar-refractivity contribution is 5.35. The fourth-order valence-corrected chi connectivity index (χ4v) is 2.52. The maximum Gasteiger partial charge on any atom is 0.123 e. The van der Waals surface area contributed by atoms with E-state index in [9.17, 15) is 9.65 Å². The fraction of sp³-hybridized carbons (Fsp3) is 0.222. The van der Waals surface area contributed by atoms with Crippen molar-refractivity contribution in [1.82, 2.24) is 0 Å². The van der Waals surface area contributed by atoms with Gasteiger partial charge in [-0.1, -0.05) is 42.0 Å². The summed E-state index contributed by atoms with van der Waals surface area (Å²) in [4.78, 5) is 0. The van der Waals surface area contributed by atoms with Gasteiger partial charge in [-0.2, -0.15) is 10.5 Å². The molecule has 0 saturated carbocycles. The summed E-state index contributed by atoms with van der Waals surface area (Å²) in [5, 5.41) is 18.6. The topological polar surface area (TPSA) is 47.6 Å². The number of benzene rings is 2. The molecule has 0 N–H and O–H groups in total. The van der Waals surface area contributed by atoms with Crippen LogP contribution in [0.15, 0.2) is 48.5 Å². The molecule has 104 valence electrons. The summed E-state index contributed by atoms with van der Waals surface area (Å²) in [5.74, 6) is -1.17. The number of rotatable bonds is 4. The minimum atomic E-state index is -0.540. The minimum absolute atomic E-state index is 0.220. The van der Waals surface area contributed by atoms with Gasteiger partial charge in [0.15, 0.2) is 0 Å². The molecule has 21 heavy (non-hydrogen) atoms. The van der Waals surface area contributed by atoms with Crippen LogP contribution in [0.3, 0.4) is 0 Å². The Morgan fingerprint density at radius 3 is 2.38 bits per heavy atom. The van der Waals surface area contributed by atoms with E-state index in [1.807, 2.05) is 31.2 Å². The van der Waals surface area contributed by atoms with Crippen LogP contribution in [0, 0.1) is 35.4 Å². The van der Waals surface area contributed by atoms with E-state index < -0.39 is 5.92 Å². The smallest absolute Gasteiger partial charge is 0.123 e. The molecule has 0 amide bonds. The zero-order chi connectivity index (χ0) is 15.2. The molecule has 0 fully saturated rings. The maximum atomic E-state index is 13.4. The molecule has 3 heteroatoms. The zero-order valence-electron chi connectivity index (χ0n) is 11.8. The molecule has 2 aromatic carbocycles. The second-order valence-corrected chi connectivity index (χ2v) is 5.04. The average Bonchev–Trinajstić information content (AvgIpc) is 2.47. The quantitative estimate of drug-likeness (QED) is 0.830. The lowest BCUT2D eigenvalue weighted by atomic mass is 9.80. The van der Waals surface area contributed by atoms with Crippen molar-refractivity contribution in [2.75, 3.05) is 0 Å². The summed E-state index contributed by atoms with van der Waals surface area (Å²) in [6.07, 6.45) is 0.220. The first-order valence-electron chi connectivity index (χ1n) is 6.74. The molecule has 0 saturated heterocycles. The standard InChI is InChI=1S/C18H15FN2/c1-13-4-2-5-14(10-13)17(8-9-20)18(12-21)15-6-3-7-16(19)11-15/h2-7,10-11,17-18H,8H2,1H3. The fourth-order valence-electron chi connectivity index (χ4n) is 2.52. The van der Waals surface area contributed by atoms with Crippen LogP contribution >= 0.6 is 0 Å². The third-order valence-corrected chi connectivity index (χ3v) is 3.53. The summed E-state index contributed by atoms with van der Waals surface area (Å²) in [5.41, 5.74) is 2.62. The lowest BCUT2D eigenvalue weighted by Gasteiger charge is -2.21. The molecule has 0 aliphatic carbocycles. The summed E-state index contributed by atoms with van der Waals surface area (Å²) >= 11 is 0. The van der Waals surface area contributed by atoms with Crippen LogP contribution in [0.2, 0.25) is 0 Å². The Morgan fingerprint density at radius 2 is 1.76 bits per heavy atom. The van der Waals surface area contributed by atoms with Gasteiger partial charge in [0.05, 0.1) is 18.1 Å². The van der Waals surface area contributed by atoms with Crippen molar-refractivity contribution in [3.8, 4) is 12.1 Å². The molecular formula is C18H15FN2. The SMILES string of the molecule is Cc1cccc(C(CC#N)C(C#N)c2cccc(F)c2)c1. The van der Waals surface area contributed by atoms with E-state index in [4.69, 9.17) is 5.26 Å². The van der Waals surface area contributed by atoms with E-state index in [2.05, 4.69) is 12.1 Å². The van der Waals surface area contributed by atoms with Crippen molar-refractivity contribution in [3.63, 3.8) is 0 Å². The first-order chi connectivity index (χ1) is 10.2. The monoisotopic (exact) mass is 278 g/mol. The third kappa shape index (κ3) is 3.46. The molecule has 0 radical (unpaired) electrons. The largest absolute Gasteiger partial charge is 0.207 e. The summed E-state index contributed by atoms with van der Waals surface area (Å²) in [7, 11) is 0. The van der Waals surface area contributed by atoms with Gasteiger partial charge in [-0.05, 0) is 30.2 Å². The van der Waals surface area contributed by atoms with Crippen molar-refractivity contribution >= 4 is 0 Å². The van der Waals surface area contributed by atoms with Crippen LogP contribution in [0.1, 0.15) is 34.9 Å². The first kappa shape index (κ1) is 14.8. The summed E-state index contributed by atoms with van der Waals surface area (Å²) < 4.78 is 13.4. The molecule has 0 bridgehead atoms. The number of halogens is 1. The van der Waals surface area contributed by atoms with Gasteiger partial charge in [-0.25, -0.2) is 4.39 Å². The van der Waals surface area contributed by atoms with Crippen LogP contribution in [-0.2, 0) is 0 Å². The third-order valence-electron chi connectivity index (χ3n) is 3.53. The summed E-state index contributed by atoms with van der Waals surface area (Å²) in [6, 6.07) is 18.2. The Morgan fingerprint density at radius 1 is 1.05 bits per heavy atom. The van der Waals surface area contributed by atoms with Gasteiger partial charge in [-0.15, -0.1) is 0 Å². The molecule has 2 nitrogen and oxygen atoms in total. The molecule has 0 aliphatic heterocycles. The molecular weight excluding hydrogens is 263 g/mol. The van der Waals surface area contributed by atoms with Crippen molar-refractivity contribution < 1.29 is 4.39 Å². The Kier molecular flexibility index (Phi) is 4.69. The van der Waals surface area contributed by atoms with Crippen molar-refractivity contribution in [1.29, 1.82) is 10.5 Å². The van der Waals surface area contributed by atoms with Gasteiger partial charge < -0.3 is 0 Å². The lowest BCUT2D eigenvalue weighted by molar-refractivity contribution is 0.609. The lowest BCUT2D eigenvalue weighted by Crippen LogP contribution is -2.10. The molecule has 0 spiro atoms. The van der Waals surface area contributed by atoms with Crippen LogP contribution in [0.4, 0.5) is 4.39 Å². The van der Waals surface area contributed by atoms with E-state index in [0.717, 1.165) is 11.1 Å². The van der Waals surface area contributed by atoms with E-state index in [-0.39, 0.29) is 18.2 Å². The van der Waals surface area contributed by atoms with Gasteiger partial charge in [-0.3, -0.25) is 0 Å². The van der Waals surface area contributed by atoms with Gasteiger partial charge >= 0.3 is 0 Å². The highest BCUT2D eigenvalue weighted by Crippen LogP contribution is 2.35. The van der Waals surface area contributed by atoms with Gasteiger partial charge in [0.1, 0.15) is 5.82 Å². The molecule has 2 rings (SSSR count). The van der Waals surface area contributed by atoms with Crippen molar-refractivity contribution in [2.24, 2.45) is 0 Å². The molecule has 0 aromatic heterocycles. The highest BCUT2D eigenvalue weighted by Gasteiger charge is 2.25. The number of hydrogen-bond acceptors (Lipinski definition) is 2. The van der Waals surface area contributed by atoms with Gasteiger partial charge in [0, 0.05) is 12.3 Å².